The zero-order valence-corrected chi connectivity index (χ0v) is 22.4. The van der Waals surface area contributed by atoms with Crippen LogP contribution in [-0.2, 0) is 25.3 Å². The second kappa shape index (κ2) is 13.1. The molecule has 0 aliphatic carbocycles. The Morgan fingerprint density at radius 2 is 1.89 bits per heavy atom. The van der Waals surface area contributed by atoms with E-state index in [1.165, 1.54) is 12.1 Å². The molecule has 202 valence electrons. The van der Waals surface area contributed by atoms with E-state index in [4.69, 9.17) is 9.47 Å². The molecule has 1 aliphatic rings. The third kappa shape index (κ3) is 6.69. The lowest BCUT2D eigenvalue weighted by atomic mass is 9.95. The number of nitrogens with zero attached hydrogens (tertiary/aromatic N) is 4. The quantitative estimate of drug-likeness (QED) is 0.311. The molecule has 0 radical (unpaired) electrons. The first-order valence-electron chi connectivity index (χ1n) is 12.4. The summed E-state index contributed by atoms with van der Waals surface area (Å²) in [6.07, 6.45) is 2.13. The van der Waals surface area contributed by atoms with Crippen molar-refractivity contribution in [1.29, 1.82) is 5.26 Å². The molecule has 1 aliphatic heterocycles. The molecule has 0 bridgehead atoms. The summed E-state index contributed by atoms with van der Waals surface area (Å²) in [4.78, 5) is 32.0. The van der Waals surface area contributed by atoms with Gasteiger partial charge in [0.05, 0.1) is 31.1 Å². The summed E-state index contributed by atoms with van der Waals surface area (Å²) in [5.74, 6) is -1.49. The van der Waals surface area contributed by atoms with Crippen LogP contribution < -0.4 is 9.64 Å². The van der Waals surface area contributed by atoms with Crippen molar-refractivity contribution in [3.05, 3.63) is 65.7 Å². The highest BCUT2D eigenvalue weighted by Gasteiger charge is 2.35. The van der Waals surface area contributed by atoms with Crippen molar-refractivity contribution >= 4 is 27.7 Å². The molecule has 10 nitrogen and oxygen atoms in total. The average molecular weight is 541 g/mol. The Morgan fingerprint density at radius 3 is 2.47 bits per heavy atom. The van der Waals surface area contributed by atoms with Crippen molar-refractivity contribution in [2.75, 3.05) is 37.7 Å². The van der Waals surface area contributed by atoms with Crippen molar-refractivity contribution in [3.8, 4) is 11.9 Å². The number of amides is 1. The highest BCUT2D eigenvalue weighted by atomic mass is 32.2. The Balaban J connectivity index is 1.78. The number of esters is 1. The van der Waals surface area contributed by atoms with Crippen molar-refractivity contribution < 1.29 is 27.5 Å². The normalized spacial score (nSPS) is 13.9. The first kappa shape index (κ1) is 28.7. The number of hydrogen-bond acceptors (Lipinski definition) is 9. The standard InChI is InChI=1S/C27H32N4O6S/c1-4-14-31(38(34,35)19-20-10-8-7-9-11-20)26(32)21-12-15-30(16-13-21)24-22(18-28)17-23(27(33)37-6-3)25(29-24)36-5-2/h4,7-11,17,21H,1,5-6,12-16,19H2,2-3H3. The highest BCUT2D eigenvalue weighted by molar-refractivity contribution is 7.88. The third-order valence-corrected chi connectivity index (χ3v) is 7.78. The van der Waals surface area contributed by atoms with E-state index in [1.807, 2.05) is 4.90 Å². The smallest absolute Gasteiger partial charge is 0.343 e. The van der Waals surface area contributed by atoms with Gasteiger partial charge < -0.3 is 14.4 Å². The maximum atomic E-state index is 13.4. The van der Waals surface area contributed by atoms with Crippen LogP contribution in [-0.4, -0.2) is 62.4 Å². The lowest BCUT2D eigenvalue weighted by molar-refractivity contribution is -0.130. The fourth-order valence-corrected chi connectivity index (χ4v) is 5.80. The molecule has 0 N–H and O–H groups in total. The predicted molar refractivity (Wildman–Crippen MR) is 142 cm³/mol. The maximum absolute atomic E-state index is 13.4. The topological polar surface area (TPSA) is 130 Å². The van der Waals surface area contributed by atoms with Crippen LogP contribution in [0, 0.1) is 17.2 Å². The summed E-state index contributed by atoms with van der Waals surface area (Å²) >= 11 is 0. The molecule has 0 saturated carbocycles. The number of ether oxygens (including phenoxy) is 2. The van der Waals surface area contributed by atoms with E-state index in [0.717, 1.165) is 4.31 Å². The lowest BCUT2D eigenvalue weighted by Gasteiger charge is -2.34. The Kier molecular flexibility index (Phi) is 9.85. The van der Waals surface area contributed by atoms with Gasteiger partial charge in [0.15, 0.2) is 5.82 Å². The number of piperidine rings is 1. The Labute approximate surface area is 223 Å². The lowest BCUT2D eigenvalue weighted by Crippen LogP contribution is -2.45. The molecule has 1 amide bonds. The van der Waals surface area contributed by atoms with Gasteiger partial charge in [0.25, 0.3) is 0 Å². The van der Waals surface area contributed by atoms with Gasteiger partial charge in [-0.1, -0.05) is 36.4 Å². The van der Waals surface area contributed by atoms with Gasteiger partial charge in [-0.25, -0.2) is 17.5 Å². The molecular formula is C27H32N4O6S. The molecule has 2 heterocycles. The summed E-state index contributed by atoms with van der Waals surface area (Å²) in [5.41, 5.74) is 0.846. The molecule has 0 spiro atoms. The number of aromatic nitrogens is 1. The fraction of sp³-hybridized carbons (Fsp3) is 0.407. The van der Waals surface area contributed by atoms with Crippen LogP contribution >= 0.6 is 0 Å². The second-order valence-electron chi connectivity index (χ2n) is 8.64. The van der Waals surface area contributed by atoms with Crippen LogP contribution in [0.25, 0.3) is 0 Å². The fourth-order valence-electron chi connectivity index (χ4n) is 4.27. The van der Waals surface area contributed by atoms with E-state index < -0.39 is 27.8 Å². The zero-order valence-electron chi connectivity index (χ0n) is 21.6. The molecular weight excluding hydrogens is 508 g/mol. The Morgan fingerprint density at radius 1 is 1.21 bits per heavy atom. The van der Waals surface area contributed by atoms with Gasteiger partial charge in [-0.15, -0.1) is 6.58 Å². The van der Waals surface area contributed by atoms with E-state index in [1.54, 1.807) is 44.2 Å². The van der Waals surface area contributed by atoms with Crippen molar-refractivity contribution in [2.24, 2.45) is 5.92 Å². The number of sulfonamides is 1. The van der Waals surface area contributed by atoms with Gasteiger partial charge in [-0.2, -0.15) is 10.2 Å². The van der Waals surface area contributed by atoms with Crippen molar-refractivity contribution in [2.45, 2.75) is 32.4 Å². The molecule has 2 aromatic rings. The molecule has 1 saturated heterocycles. The van der Waals surface area contributed by atoms with Gasteiger partial charge in [-0.05, 0) is 38.3 Å². The molecule has 0 unspecified atom stereocenters. The van der Waals surface area contributed by atoms with Gasteiger partial charge in [-0.3, -0.25) is 4.79 Å². The third-order valence-electron chi connectivity index (χ3n) is 6.08. The van der Waals surface area contributed by atoms with Crippen LogP contribution in [0.5, 0.6) is 5.88 Å². The molecule has 3 rings (SSSR count). The highest BCUT2D eigenvalue weighted by Crippen LogP contribution is 2.31. The zero-order chi connectivity index (χ0) is 27.7. The van der Waals surface area contributed by atoms with Gasteiger partial charge in [0.1, 0.15) is 11.6 Å². The second-order valence-corrected chi connectivity index (χ2v) is 10.5. The average Bonchev–Trinajstić information content (AvgIpc) is 2.91. The number of hydrogen-bond donors (Lipinski definition) is 0. The number of benzene rings is 1. The summed E-state index contributed by atoms with van der Waals surface area (Å²) in [5, 5.41) is 9.74. The van der Waals surface area contributed by atoms with Crippen LogP contribution in [0.1, 0.15) is 48.2 Å². The van der Waals surface area contributed by atoms with Gasteiger partial charge in [0, 0.05) is 19.0 Å². The van der Waals surface area contributed by atoms with Gasteiger partial charge in [0.2, 0.25) is 21.8 Å². The summed E-state index contributed by atoms with van der Waals surface area (Å²) in [6.45, 7) is 8.11. The molecule has 1 aromatic carbocycles. The number of pyridine rings is 1. The van der Waals surface area contributed by atoms with E-state index in [9.17, 15) is 23.3 Å². The molecule has 0 atom stereocenters. The molecule has 1 fully saturated rings. The van der Waals surface area contributed by atoms with Gasteiger partial charge >= 0.3 is 5.97 Å². The first-order chi connectivity index (χ1) is 18.2. The maximum Gasteiger partial charge on any atom is 0.343 e. The van der Waals surface area contributed by atoms with E-state index in [2.05, 4.69) is 17.6 Å². The van der Waals surface area contributed by atoms with E-state index in [0.29, 0.717) is 37.3 Å². The monoisotopic (exact) mass is 540 g/mol. The van der Waals surface area contributed by atoms with Crippen LogP contribution in [0.2, 0.25) is 0 Å². The molecule has 38 heavy (non-hydrogen) atoms. The minimum Gasteiger partial charge on any atom is -0.477 e. The number of carbonyl (C=O) groups is 2. The molecule has 11 heteroatoms. The van der Waals surface area contributed by atoms with Crippen molar-refractivity contribution in [1.82, 2.24) is 9.29 Å². The van der Waals surface area contributed by atoms with Crippen LogP contribution in [0.4, 0.5) is 5.82 Å². The summed E-state index contributed by atoms with van der Waals surface area (Å²) < 4.78 is 37.8. The minimum absolute atomic E-state index is 0.0716. The summed E-state index contributed by atoms with van der Waals surface area (Å²) in [6, 6.07) is 12.2. The van der Waals surface area contributed by atoms with E-state index in [-0.39, 0.29) is 42.5 Å². The number of anilines is 1. The number of nitriles is 1. The predicted octanol–water partition coefficient (Wildman–Crippen LogP) is 3.29. The largest absolute Gasteiger partial charge is 0.477 e. The number of rotatable bonds is 11. The van der Waals surface area contributed by atoms with Crippen molar-refractivity contribution in [3.63, 3.8) is 0 Å². The summed E-state index contributed by atoms with van der Waals surface area (Å²) in [7, 11) is -3.91. The van der Waals surface area contributed by atoms with Crippen LogP contribution in [0.3, 0.4) is 0 Å². The number of carbonyl (C=O) groups excluding carboxylic acids is 2. The molecule has 1 aromatic heterocycles. The Hall–Kier alpha value is -3.91. The van der Waals surface area contributed by atoms with E-state index >= 15 is 0 Å². The Bertz CT molecular complexity index is 1300. The SMILES string of the molecule is C=CCN(C(=O)C1CCN(c2nc(OCC)c(C(=O)OCC)cc2C#N)CC1)S(=O)(=O)Cc1ccccc1. The first-order valence-corrected chi connectivity index (χ1v) is 14.1. The van der Waals surface area contributed by atoms with Crippen LogP contribution in [0.15, 0.2) is 49.1 Å². The minimum atomic E-state index is -3.91.